The van der Waals surface area contributed by atoms with Gasteiger partial charge in [0.15, 0.2) is 11.5 Å². The molecule has 2 aromatic rings. The molecule has 3 heterocycles. The van der Waals surface area contributed by atoms with Crippen LogP contribution in [0.4, 0.5) is 0 Å². The van der Waals surface area contributed by atoms with Crippen LogP contribution in [0.25, 0.3) is 0 Å². The van der Waals surface area contributed by atoms with Crippen LogP contribution in [0.15, 0.2) is 60.0 Å². The van der Waals surface area contributed by atoms with Crippen LogP contribution in [0.5, 0.6) is 11.5 Å². The summed E-state index contributed by atoms with van der Waals surface area (Å²) < 4.78 is 11.0. The van der Waals surface area contributed by atoms with Crippen molar-refractivity contribution >= 4 is 11.6 Å². The molecule has 5 rings (SSSR count). The summed E-state index contributed by atoms with van der Waals surface area (Å²) in [4.78, 5) is 20.4. The predicted octanol–water partition coefficient (Wildman–Crippen LogP) is 4.24. The van der Waals surface area contributed by atoms with Crippen molar-refractivity contribution in [3.8, 4) is 11.5 Å². The van der Waals surface area contributed by atoms with Crippen molar-refractivity contribution in [1.82, 2.24) is 14.9 Å². The van der Waals surface area contributed by atoms with Gasteiger partial charge in [0.25, 0.3) is 0 Å². The number of pyridine rings is 1. The highest BCUT2D eigenvalue weighted by atomic mass is 16.5. The van der Waals surface area contributed by atoms with Gasteiger partial charge in [-0.3, -0.25) is 14.7 Å². The summed E-state index contributed by atoms with van der Waals surface area (Å²) in [7, 11) is 3.28. The number of carbonyl (C=O) groups is 1. The molecule has 0 radical (unpaired) electrons. The van der Waals surface area contributed by atoms with E-state index in [9.17, 15) is 4.79 Å². The smallest absolute Gasteiger partial charge is 0.248 e. The molecule has 1 unspecified atom stereocenters. The first-order chi connectivity index (χ1) is 16.7. The molecule has 1 saturated heterocycles. The normalized spacial score (nSPS) is 25.0. The van der Waals surface area contributed by atoms with Crippen LogP contribution in [0, 0.1) is 11.8 Å². The fourth-order valence-corrected chi connectivity index (χ4v) is 5.44. The highest BCUT2D eigenvalue weighted by molar-refractivity contribution is 6.07. The molecule has 0 bridgehead atoms. The van der Waals surface area contributed by atoms with Crippen molar-refractivity contribution < 1.29 is 14.3 Å². The van der Waals surface area contributed by atoms with Crippen molar-refractivity contribution in [2.45, 2.75) is 44.8 Å². The lowest BCUT2D eigenvalue weighted by molar-refractivity contribution is -0.147. The third-order valence-corrected chi connectivity index (χ3v) is 7.19. The van der Waals surface area contributed by atoms with Crippen LogP contribution in [0.1, 0.15) is 43.2 Å². The highest BCUT2D eigenvalue weighted by Gasteiger charge is 2.44. The minimum Gasteiger partial charge on any atom is -0.493 e. The number of fused-ring (bicyclic) bond motifs is 1. The molecule has 178 valence electrons. The van der Waals surface area contributed by atoms with Crippen LogP contribution in [-0.4, -0.2) is 53.4 Å². The summed E-state index contributed by atoms with van der Waals surface area (Å²) in [5.74, 6) is 1.48. The van der Waals surface area contributed by atoms with Crippen molar-refractivity contribution in [3.63, 3.8) is 0 Å². The van der Waals surface area contributed by atoms with Gasteiger partial charge in [0.05, 0.1) is 25.8 Å². The van der Waals surface area contributed by atoms with Gasteiger partial charge < -0.3 is 9.47 Å². The predicted molar refractivity (Wildman–Crippen MR) is 131 cm³/mol. The second-order valence-corrected chi connectivity index (χ2v) is 9.20. The molecule has 1 fully saturated rings. The van der Waals surface area contributed by atoms with E-state index in [1.54, 1.807) is 25.4 Å². The number of hydrogen-bond acceptors (Lipinski definition) is 6. The number of methoxy groups -OCH3 is 2. The molecule has 0 saturated carbocycles. The largest absolute Gasteiger partial charge is 0.493 e. The molecule has 34 heavy (non-hydrogen) atoms. The number of piperidine rings is 1. The van der Waals surface area contributed by atoms with E-state index in [1.165, 1.54) is 0 Å². The number of allylic oxidation sites excluding steroid dienone is 2. The van der Waals surface area contributed by atoms with Crippen LogP contribution in [0.3, 0.4) is 0 Å². The van der Waals surface area contributed by atoms with Crippen molar-refractivity contribution in [2.75, 3.05) is 20.8 Å². The Balaban J connectivity index is 1.52. The first kappa shape index (κ1) is 22.6. The molecule has 0 N–H and O–H groups in total. The Bertz CT molecular complexity index is 1080. The number of ether oxygens (including phenoxy) is 2. The van der Waals surface area contributed by atoms with Crippen LogP contribution >= 0.6 is 0 Å². The van der Waals surface area contributed by atoms with E-state index in [2.05, 4.69) is 28.1 Å². The molecule has 3 atom stereocenters. The number of hydrazone groups is 1. The molecule has 1 aliphatic carbocycles. The van der Waals surface area contributed by atoms with Gasteiger partial charge in [-0.15, -0.1) is 0 Å². The topological polar surface area (TPSA) is 67.3 Å². The van der Waals surface area contributed by atoms with Crippen molar-refractivity contribution in [1.29, 1.82) is 0 Å². The Morgan fingerprint density at radius 1 is 1.03 bits per heavy atom. The monoisotopic (exact) mass is 460 g/mol. The molecule has 7 heteroatoms. The van der Waals surface area contributed by atoms with Gasteiger partial charge in [-0.25, -0.2) is 5.01 Å². The lowest BCUT2D eigenvalue weighted by Crippen LogP contribution is -2.56. The standard InChI is InChI=1S/C27H32N4O3/c1-33-23-13-12-20(16-24(23)34-2)26-21-9-3-4-10-22(21)27(32)31(29-26)25-11-5-6-15-30(25)18-19-8-7-14-28-17-19/h3-4,7-8,12-14,16-17,21-22,25H,5-6,9-11,15,18H2,1-2H3/t21-,22+,25?/m0/s1. The van der Waals surface area contributed by atoms with Crippen molar-refractivity contribution in [2.24, 2.45) is 16.9 Å². The average Bonchev–Trinajstić information content (AvgIpc) is 2.90. The minimum atomic E-state index is -0.0900. The van der Waals surface area contributed by atoms with Gasteiger partial charge in [0, 0.05) is 37.0 Å². The Morgan fingerprint density at radius 3 is 2.62 bits per heavy atom. The maximum absolute atomic E-state index is 13.8. The second-order valence-electron chi connectivity index (χ2n) is 9.20. The summed E-state index contributed by atoms with van der Waals surface area (Å²) in [5, 5.41) is 6.87. The quantitative estimate of drug-likeness (QED) is 0.603. The first-order valence-corrected chi connectivity index (χ1v) is 12.1. The van der Waals surface area contributed by atoms with Gasteiger partial charge in [-0.1, -0.05) is 18.2 Å². The van der Waals surface area contributed by atoms with Gasteiger partial charge in [0.2, 0.25) is 5.91 Å². The SMILES string of the molecule is COc1ccc(C2=NN(C3CCCCN3Cc3cccnc3)C(=O)[C@@H]3CC=CC[C@H]23)cc1OC. The number of rotatable bonds is 6. The Kier molecular flexibility index (Phi) is 6.63. The summed E-state index contributed by atoms with van der Waals surface area (Å²) in [6.45, 7) is 1.70. The van der Waals surface area contributed by atoms with Gasteiger partial charge in [-0.2, -0.15) is 5.10 Å². The van der Waals surface area contributed by atoms with E-state index in [1.807, 2.05) is 30.5 Å². The number of nitrogens with zero attached hydrogens (tertiary/aromatic N) is 4. The van der Waals surface area contributed by atoms with Gasteiger partial charge in [-0.05, 0) is 61.9 Å². The van der Waals surface area contributed by atoms with E-state index < -0.39 is 0 Å². The molecule has 1 aromatic carbocycles. The lowest BCUT2D eigenvalue weighted by Gasteiger charge is -2.45. The molecule has 7 nitrogen and oxygen atoms in total. The highest BCUT2D eigenvalue weighted by Crippen LogP contribution is 2.38. The molecular formula is C27H32N4O3. The van der Waals surface area contributed by atoms with Crippen LogP contribution in [-0.2, 0) is 11.3 Å². The number of aromatic nitrogens is 1. The fourth-order valence-electron chi connectivity index (χ4n) is 5.44. The van der Waals surface area contributed by atoms with Crippen LogP contribution < -0.4 is 9.47 Å². The summed E-state index contributed by atoms with van der Waals surface area (Å²) in [5.41, 5.74) is 3.10. The molecular weight excluding hydrogens is 428 g/mol. The maximum Gasteiger partial charge on any atom is 0.248 e. The zero-order chi connectivity index (χ0) is 23.5. The Morgan fingerprint density at radius 2 is 1.85 bits per heavy atom. The number of carbonyl (C=O) groups excluding carboxylic acids is 1. The summed E-state index contributed by atoms with van der Waals surface area (Å²) in [6.07, 6.45) is 12.7. The number of hydrogen-bond donors (Lipinski definition) is 0. The molecule has 2 aliphatic heterocycles. The lowest BCUT2D eigenvalue weighted by atomic mass is 9.76. The van der Waals surface area contributed by atoms with Crippen molar-refractivity contribution in [3.05, 3.63) is 66.0 Å². The zero-order valence-electron chi connectivity index (χ0n) is 19.9. The zero-order valence-corrected chi connectivity index (χ0v) is 19.9. The van der Waals surface area contributed by atoms with Crippen LogP contribution in [0.2, 0.25) is 0 Å². The Labute approximate surface area is 201 Å². The van der Waals surface area contributed by atoms with E-state index in [4.69, 9.17) is 14.6 Å². The van der Waals surface area contributed by atoms with E-state index in [0.29, 0.717) is 11.5 Å². The molecule has 3 aliphatic rings. The number of benzene rings is 1. The minimum absolute atomic E-state index is 0.0524. The van der Waals surface area contributed by atoms with E-state index in [0.717, 1.165) is 62.0 Å². The molecule has 1 amide bonds. The summed E-state index contributed by atoms with van der Waals surface area (Å²) in [6, 6.07) is 9.98. The summed E-state index contributed by atoms with van der Waals surface area (Å²) >= 11 is 0. The average molecular weight is 461 g/mol. The van der Waals surface area contributed by atoms with E-state index >= 15 is 0 Å². The third-order valence-electron chi connectivity index (χ3n) is 7.19. The molecule has 0 spiro atoms. The number of likely N-dealkylation sites (tertiary alicyclic amines) is 1. The third kappa shape index (κ3) is 4.32. The van der Waals surface area contributed by atoms with Gasteiger partial charge in [0.1, 0.15) is 6.17 Å². The first-order valence-electron chi connectivity index (χ1n) is 12.1. The Hall–Kier alpha value is -3.19. The maximum atomic E-state index is 13.8. The van der Waals surface area contributed by atoms with Gasteiger partial charge >= 0.3 is 0 Å². The fraction of sp³-hybridized carbons (Fsp3) is 0.444. The number of amides is 1. The van der Waals surface area contributed by atoms with E-state index in [-0.39, 0.29) is 23.9 Å². The second kappa shape index (κ2) is 9.97. The molecule has 1 aromatic heterocycles.